The predicted molar refractivity (Wildman–Crippen MR) is 137 cm³/mol. The van der Waals surface area contributed by atoms with E-state index in [9.17, 15) is 30.1 Å². The van der Waals surface area contributed by atoms with Gasteiger partial charge in [-0.25, -0.2) is 0 Å². The second-order valence-electron chi connectivity index (χ2n) is 11.3. The number of quaternary nitrogens is 1. The van der Waals surface area contributed by atoms with E-state index in [2.05, 4.69) is 14.1 Å². The second kappa shape index (κ2) is 10.3. The standard InChI is InChI=1S/C27H37N4O6/c1-31(2,20-21-12-16-26(17-13-21,29(34)35)30(36)37)24-14-18-28(19-15-24)25(32)27(33,23-10-6-7-11-23)22-8-4-3-5-9-22/h3-5,8-9,12-13,16,23-24,33H,6-7,10-11,14-15,17-20H2,1-2H3/q+1. The molecule has 1 aromatic rings. The lowest BCUT2D eigenvalue weighted by Crippen LogP contribution is -2.58. The number of likely N-dealkylation sites (N-methyl/N-ethyl adjacent to an activating group) is 1. The molecule has 1 aromatic carbocycles. The molecule has 1 atom stereocenters. The molecule has 3 aliphatic rings. The SMILES string of the molecule is C[N+](C)(CC1=CCC([N+](=O)[O-])([N+](=O)[O-])C=C1)C1CCN(C(=O)C(O)(c2ccccc2)C2CCCC2)CC1. The lowest BCUT2D eigenvalue weighted by atomic mass is 9.78. The van der Waals surface area contributed by atoms with Crippen molar-refractivity contribution in [2.45, 2.75) is 62.3 Å². The van der Waals surface area contributed by atoms with Gasteiger partial charge in [-0.1, -0.05) is 49.2 Å². The summed E-state index contributed by atoms with van der Waals surface area (Å²) in [7, 11) is 4.16. The van der Waals surface area contributed by atoms with Crippen molar-refractivity contribution in [2.75, 3.05) is 33.7 Å². The molecule has 1 unspecified atom stereocenters. The van der Waals surface area contributed by atoms with Gasteiger partial charge < -0.3 is 14.5 Å². The molecule has 200 valence electrons. The van der Waals surface area contributed by atoms with Crippen molar-refractivity contribution in [3.05, 3.63) is 79.9 Å². The van der Waals surface area contributed by atoms with E-state index < -0.39 is 21.1 Å². The molecule has 37 heavy (non-hydrogen) atoms. The van der Waals surface area contributed by atoms with E-state index >= 15 is 0 Å². The third-order valence-electron chi connectivity index (χ3n) is 8.68. The molecule has 0 bridgehead atoms. The lowest BCUT2D eigenvalue weighted by Gasteiger charge is -2.45. The first-order valence-electron chi connectivity index (χ1n) is 13.1. The predicted octanol–water partition coefficient (Wildman–Crippen LogP) is 3.27. The van der Waals surface area contributed by atoms with Gasteiger partial charge in [-0.15, -0.1) is 0 Å². The number of carbonyl (C=O) groups is 1. The van der Waals surface area contributed by atoms with E-state index in [1.165, 1.54) is 6.08 Å². The van der Waals surface area contributed by atoms with E-state index in [-0.39, 0.29) is 24.3 Å². The summed E-state index contributed by atoms with van der Waals surface area (Å²) < 4.78 is 0.605. The highest BCUT2D eigenvalue weighted by Gasteiger charge is 2.54. The molecule has 1 saturated carbocycles. The van der Waals surface area contributed by atoms with Crippen LogP contribution in [0.1, 0.15) is 50.5 Å². The average molecular weight is 514 g/mol. The van der Waals surface area contributed by atoms with Crippen LogP contribution in [0.2, 0.25) is 0 Å². The van der Waals surface area contributed by atoms with Crippen molar-refractivity contribution in [3.63, 3.8) is 0 Å². The van der Waals surface area contributed by atoms with Gasteiger partial charge in [0, 0.05) is 37.4 Å². The van der Waals surface area contributed by atoms with Gasteiger partial charge >= 0.3 is 5.66 Å². The normalized spacial score (nSPS) is 22.4. The van der Waals surface area contributed by atoms with Gasteiger partial charge in [0.15, 0.2) is 5.60 Å². The van der Waals surface area contributed by atoms with Crippen molar-refractivity contribution in [2.24, 2.45) is 5.92 Å². The molecule has 0 radical (unpaired) electrons. The monoisotopic (exact) mass is 513 g/mol. The fourth-order valence-electron chi connectivity index (χ4n) is 6.29. The van der Waals surface area contributed by atoms with Crippen molar-refractivity contribution < 1.29 is 24.2 Å². The number of nitrogens with zero attached hydrogens (tertiary/aromatic N) is 4. The molecule has 1 aliphatic heterocycles. The van der Waals surface area contributed by atoms with Gasteiger partial charge in [-0.05, 0) is 24.5 Å². The number of carbonyl (C=O) groups excluding carboxylic acids is 1. The van der Waals surface area contributed by atoms with Gasteiger partial charge in [0.05, 0.1) is 26.2 Å². The number of likely N-dealkylation sites (tertiary alicyclic amines) is 1. The molecular formula is C27H37N4O6+. The Morgan fingerprint density at radius 3 is 2.19 bits per heavy atom. The third kappa shape index (κ3) is 5.04. The summed E-state index contributed by atoms with van der Waals surface area (Å²) in [4.78, 5) is 36.6. The summed E-state index contributed by atoms with van der Waals surface area (Å²) in [6.45, 7) is 1.68. The molecule has 2 fully saturated rings. The summed E-state index contributed by atoms with van der Waals surface area (Å²) >= 11 is 0. The molecule has 4 rings (SSSR count). The van der Waals surface area contributed by atoms with Crippen molar-refractivity contribution in [1.29, 1.82) is 0 Å². The van der Waals surface area contributed by atoms with Crippen molar-refractivity contribution in [3.8, 4) is 0 Å². The Bertz CT molecular complexity index is 1070. The quantitative estimate of drug-likeness (QED) is 0.246. The van der Waals surface area contributed by atoms with Crippen LogP contribution in [-0.4, -0.2) is 75.7 Å². The number of nitro groups is 2. The zero-order valence-corrected chi connectivity index (χ0v) is 21.6. The third-order valence-corrected chi connectivity index (χ3v) is 8.68. The highest BCUT2D eigenvalue weighted by Crippen LogP contribution is 2.42. The largest absolute Gasteiger partial charge is 0.481 e. The number of rotatable bonds is 8. The van der Waals surface area contributed by atoms with Crippen molar-refractivity contribution in [1.82, 2.24) is 4.90 Å². The molecule has 1 amide bonds. The van der Waals surface area contributed by atoms with Crippen LogP contribution in [-0.2, 0) is 10.4 Å². The summed E-state index contributed by atoms with van der Waals surface area (Å²) in [6.07, 6.45) is 9.19. The molecule has 10 nitrogen and oxygen atoms in total. The summed E-state index contributed by atoms with van der Waals surface area (Å²) in [5.74, 6) is -0.286. The highest BCUT2D eigenvalue weighted by molar-refractivity contribution is 5.87. The Labute approximate surface area is 217 Å². The average Bonchev–Trinajstić information content (AvgIpc) is 3.44. The van der Waals surface area contributed by atoms with Gasteiger partial charge in [0.2, 0.25) is 0 Å². The first-order valence-corrected chi connectivity index (χ1v) is 13.1. The minimum atomic E-state index is -2.29. The van der Waals surface area contributed by atoms with Gasteiger partial charge in [-0.2, -0.15) is 0 Å². The Hall–Kier alpha value is -3.11. The Morgan fingerprint density at radius 1 is 1.08 bits per heavy atom. The van der Waals surface area contributed by atoms with Crippen LogP contribution in [0, 0.1) is 26.1 Å². The van der Waals surface area contributed by atoms with Gasteiger partial charge in [0.1, 0.15) is 22.8 Å². The maximum absolute atomic E-state index is 13.8. The van der Waals surface area contributed by atoms with Gasteiger partial charge in [0.25, 0.3) is 5.91 Å². The number of amides is 1. The number of hydrogen-bond donors (Lipinski definition) is 1. The minimum absolute atomic E-state index is 0.0807. The highest BCUT2D eigenvalue weighted by atomic mass is 16.7. The van der Waals surface area contributed by atoms with E-state index in [4.69, 9.17) is 0 Å². The summed E-state index contributed by atoms with van der Waals surface area (Å²) in [5, 5.41) is 34.5. The number of benzene rings is 1. The van der Waals surface area contributed by atoms with Crippen LogP contribution in [0.3, 0.4) is 0 Å². The minimum Gasteiger partial charge on any atom is -0.375 e. The van der Waals surface area contributed by atoms with Gasteiger partial charge in [-0.3, -0.25) is 25.0 Å². The maximum atomic E-state index is 13.8. The summed E-state index contributed by atoms with van der Waals surface area (Å²) in [5.41, 5.74) is -2.29. The van der Waals surface area contributed by atoms with E-state index in [0.29, 0.717) is 29.7 Å². The van der Waals surface area contributed by atoms with Crippen molar-refractivity contribution >= 4 is 5.91 Å². The second-order valence-corrected chi connectivity index (χ2v) is 11.3. The fraction of sp³-hybridized carbons (Fsp3) is 0.593. The Kier molecular flexibility index (Phi) is 7.52. The van der Waals surface area contributed by atoms with E-state index in [1.54, 1.807) is 6.08 Å². The number of aliphatic hydroxyl groups is 1. The molecule has 0 spiro atoms. The zero-order chi connectivity index (χ0) is 26.8. The number of piperidine rings is 1. The van der Waals surface area contributed by atoms with Crippen LogP contribution < -0.4 is 0 Å². The number of hydrogen-bond acceptors (Lipinski definition) is 6. The Morgan fingerprint density at radius 2 is 1.68 bits per heavy atom. The first-order chi connectivity index (χ1) is 17.5. The molecule has 1 heterocycles. The molecule has 0 aromatic heterocycles. The van der Waals surface area contributed by atoms with E-state index in [0.717, 1.165) is 50.2 Å². The molecule has 2 aliphatic carbocycles. The van der Waals surface area contributed by atoms with Crippen LogP contribution in [0.25, 0.3) is 0 Å². The van der Waals surface area contributed by atoms with Crippen LogP contribution >= 0.6 is 0 Å². The molecule has 1 N–H and O–H groups in total. The zero-order valence-electron chi connectivity index (χ0n) is 21.6. The smallest absolute Gasteiger partial charge is 0.375 e. The summed E-state index contributed by atoms with van der Waals surface area (Å²) in [6, 6.07) is 9.56. The maximum Gasteiger partial charge on any atom is 0.481 e. The lowest BCUT2D eigenvalue weighted by molar-refractivity contribution is -0.911. The molecule has 1 saturated heterocycles. The fourth-order valence-corrected chi connectivity index (χ4v) is 6.29. The van der Waals surface area contributed by atoms with E-state index in [1.807, 2.05) is 35.2 Å². The first kappa shape index (κ1) is 26.9. The van der Waals surface area contributed by atoms with Crippen LogP contribution in [0.4, 0.5) is 0 Å². The van der Waals surface area contributed by atoms with Crippen LogP contribution in [0.15, 0.2) is 54.1 Å². The topological polar surface area (TPSA) is 127 Å². The molecular weight excluding hydrogens is 476 g/mol. The Balaban J connectivity index is 1.41. The molecule has 10 heteroatoms. The van der Waals surface area contributed by atoms with Crippen LogP contribution in [0.5, 0.6) is 0 Å².